The molecule has 106 valence electrons. The van der Waals surface area contributed by atoms with Gasteiger partial charge in [0.2, 0.25) is 0 Å². The van der Waals surface area contributed by atoms with Crippen LogP contribution in [0.25, 0.3) is 0 Å². The summed E-state index contributed by atoms with van der Waals surface area (Å²) < 4.78 is 5.33. The Morgan fingerprint density at radius 2 is 2.35 bits per heavy atom. The first-order valence-electron chi connectivity index (χ1n) is 6.78. The molecule has 1 aliphatic rings. The molecule has 0 aliphatic carbocycles. The van der Waals surface area contributed by atoms with Crippen molar-refractivity contribution in [3.05, 3.63) is 34.9 Å². The van der Waals surface area contributed by atoms with Crippen LogP contribution in [0, 0.1) is 18.8 Å². The quantitative estimate of drug-likeness (QED) is 0.822. The Bertz CT molecular complexity index is 551. The van der Waals surface area contributed by atoms with Crippen LogP contribution in [-0.4, -0.2) is 43.7 Å². The van der Waals surface area contributed by atoms with Gasteiger partial charge in [-0.2, -0.15) is 0 Å². The molecule has 4 heteroatoms. The molecule has 20 heavy (non-hydrogen) atoms. The van der Waals surface area contributed by atoms with Crippen molar-refractivity contribution in [1.29, 1.82) is 0 Å². The van der Waals surface area contributed by atoms with E-state index in [0.717, 1.165) is 24.2 Å². The molecule has 0 radical (unpaired) electrons. The first-order valence-corrected chi connectivity index (χ1v) is 6.78. The lowest BCUT2D eigenvalue weighted by atomic mass is 10.0. The van der Waals surface area contributed by atoms with Crippen molar-refractivity contribution in [3.63, 3.8) is 0 Å². The Hall–Kier alpha value is -1.83. The van der Waals surface area contributed by atoms with Crippen molar-refractivity contribution >= 4 is 5.91 Å². The summed E-state index contributed by atoms with van der Waals surface area (Å²) in [4.78, 5) is 14.2. The number of ether oxygens (including phenoxy) is 1. The molecule has 1 amide bonds. The lowest BCUT2D eigenvalue weighted by molar-refractivity contribution is 0.0711. The third-order valence-corrected chi connectivity index (χ3v) is 3.57. The molecule has 1 unspecified atom stereocenters. The van der Waals surface area contributed by atoms with E-state index in [0.29, 0.717) is 18.7 Å². The lowest BCUT2D eigenvalue weighted by Crippen LogP contribution is -2.37. The molecule has 2 rings (SSSR count). The minimum absolute atomic E-state index is 0.0296. The molecule has 1 aromatic rings. The maximum absolute atomic E-state index is 12.4. The Labute approximate surface area is 119 Å². The SMILES string of the molecule is Cc1cc(C(=O)N(C)C2CCOC2)ccc1C#CCN. The van der Waals surface area contributed by atoms with E-state index < -0.39 is 0 Å². The van der Waals surface area contributed by atoms with Gasteiger partial charge in [0.15, 0.2) is 0 Å². The fourth-order valence-electron chi connectivity index (χ4n) is 2.28. The zero-order valence-corrected chi connectivity index (χ0v) is 12.0. The Morgan fingerprint density at radius 3 is 2.95 bits per heavy atom. The highest BCUT2D eigenvalue weighted by molar-refractivity contribution is 5.94. The maximum atomic E-state index is 12.4. The lowest BCUT2D eigenvalue weighted by Gasteiger charge is -2.23. The van der Waals surface area contributed by atoms with Gasteiger partial charge in [0.1, 0.15) is 0 Å². The third-order valence-electron chi connectivity index (χ3n) is 3.57. The van der Waals surface area contributed by atoms with E-state index in [1.807, 2.05) is 32.2 Å². The minimum atomic E-state index is 0.0296. The molecule has 1 aliphatic heterocycles. The third kappa shape index (κ3) is 3.19. The molecule has 1 saturated heterocycles. The zero-order chi connectivity index (χ0) is 14.5. The molecule has 1 aromatic carbocycles. The van der Waals surface area contributed by atoms with Crippen LogP contribution in [0.3, 0.4) is 0 Å². The van der Waals surface area contributed by atoms with Gasteiger partial charge in [0, 0.05) is 24.8 Å². The molecule has 2 N–H and O–H groups in total. The molecule has 1 fully saturated rings. The minimum Gasteiger partial charge on any atom is -0.379 e. The maximum Gasteiger partial charge on any atom is 0.253 e. The number of nitrogens with zero attached hydrogens (tertiary/aromatic N) is 1. The highest BCUT2D eigenvalue weighted by atomic mass is 16.5. The number of carbonyl (C=O) groups excluding carboxylic acids is 1. The molecule has 0 saturated carbocycles. The molecular formula is C16H20N2O2. The molecular weight excluding hydrogens is 252 g/mol. The van der Waals surface area contributed by atoms with Crippen molar-refractivity contribution in [2.45, 2.75) is 19.4 Å². The van der Waals surface area contributed by atoms with Crippen molar-refractivity contribution in [2.75, 3.05) is 26.8 Å². The molecule has 1 heterocycles. The second kappa shape index (κ2) is 6.56. The van der Waals surface area contributed by atoms with E-state index in [1.54, 1.807) is 4.90 Å². The summed E-state index contributed by atoms with van der Waals surface area (Å²) in [5.74, 6) is 5.86. The first kappa shape index (κ1) is 14.6. The van der Waals surface area contributed by atoms with Gasteiger partial charge >= 0.3 is 0 Å². The molecule has 4 nitrogen and oxygen atoms in total. The number of aryl methyl sites for hydroxylation is 1. The number of hydrogen-bond acceptors (Lipinski definition) is 3. The normalized spacial score (nSPS) is 17.4. The summed E-state index contributed by atoms with van der Waals surface area (Å²) in [6.07, 6.45) is 0.904. The van der Waals surface area contributed by atoms with Crippen LogP contribution in [0.4, 0.5) is 0 Å². The van der Waals surface area contributed by atoms with Crippen molar-refractivity contribution in [2.24, 2.45) is 5.73 Å². The van der Waals surface area contributed by atoms with Crippen LogP contribution in [0.2, 0.25) is 0 Å². The topological polar surface area (TPSA) is 55.6 Å². The van der Waals surface area contributed by atoms with E-state index in [4.69, 9.17) is 10.5 Å². The van der Waals surface area contributed by atoms with Gasteiger partial charge in [-0.25, -0.2) is 0 Å². The average Bonchev–Trinajstić information content (AvgIpc) is 2.98. The zero-order valence-electron chi connectivity index (χ0n) is 12.0. The summed E-state index contributed by atoms with van der Waals surface area (Å²) in [7, 11) is 1.83. The van der Waals surface area contributed by atoms with Crippen LogP contribution in [0.1, 0.15) is 27.9 Å². The van der Waals surface area contributed by atoms with Crippen molar-refractivity contribution < 1.29 is 9.53 Å². The first-order chi connectivity index (χ1) is 9.63. The van der Waals surface area contributed by atoms with Gasteiger partial charge in [-0.1, -0.05) is 11.8 Å². The van der Waals surface area contributed by atoms with Crippen LogP contribution in [0.5, 0.6) is 0 Å². The predicted octanol–water partition coefficient (Wildman–Crippen LogP) is 1.17. The van der Waals surface area contributed by atoms with Crippen molar-refractivity contribution in [1.82, 2.24) is 4.90 Å². The van der Waals surface area contributed by atoms with E-state index in [9.17, 15) is 4.79 Å². The van der Waals surface area contributed by atoms with Gasteiger partial charge in [-0.15, -0.1) is 0 Å². The monoisotopic (exact) mass is 272 g/mol. The Kier molecular flexibility index (Phi) is 4.78. The summed E-state index contributed by atoms with van der Waals surface area (Å²) >= 11 is 0. The average molecular weight is 272 g/mol. The van der Waals surface area contributed by atoms with Gasteiger partial charge < -0.3 is 15.4 Å². The smallest absolute Gasteiger partial charge is 0.253 e. The van der Waals surface area contributed by atoms with Crippen LogP contribution in [-0.2, 0) is 4.74 Å². The van der Waals surface area contributed by atoms with Crippen LogP contribution < -0.4 is 5.73 Å². The van der Waals surface area contributed by atoms with Crippen LogP contribution >= 0.6 is 0 Å². The largest absolute Gasteiger partial charge is 0.379 e. The second-order valence-electron chi connectivity index (χ2n) is 4.97. The number of amides is 1. The van der Waals surface area contributed by atoms with Gasteiger partial charge in [0.25, 0.3) is 5.91 Å². The molecule has 0 aromatic heterocycles. The van der Waals surface area contributed by atoms with Gasteiger partial charge in [0.05, 0.1) is 19.2 Å². The molecule has 0 bridgehead atoms. The van der Waals surface area contributed by atoms with Crippen molar-refractivity contribution in [3.8, 4) is 11.8 Å². The van der Waals surface area contributed by atoms with E-state index in [2.05, 4.69) is 11.8 Å². The Morgan fingerprint density at radius 1 is 1.55 bits per heavy atom. The van der Waals surface area contributed by atoms with Crippen LogP contribution in [0.15, 0.2) is 18.2 Å². The number of benzene rings is 1. The summed E-state index contributed by atoms with van der Waals surface area (Å²) in [6.45, 7) is 3.65. The standard InChI is InChI=1S/C16H20N2O2/c1-12-10-14(6-5-13(12)4-3-8-17)16(19)18(2)15-7-9-20-11-15/h5-6,10,15H,7-9,11,17H2,1-2H3. The summed E-state index contributed by atoms with van der Waals surface area (Å²) in [5, 5.41) is 0. The fraction of sp³-hybridized carbons (Fsp3) is 0.438. The fourth-order valence-corrected chi connectivity index (χ4v) is 2.28. The Balaban J connectivity index is 2.16. The highest BCUT2D eigenvalue weighted by Gasteiger charge is 2.24. The van der Waals surface area contributed by atoms with Gasteiger partial charge in [-0.3, -0.25) is 4.79 Å². The predicted molar refractivity (Wildman–Crippen MR) is 78.4 cm³/mol. The number of hydrogen-bond donors (Lipinski definition) is 1. The number of nitrogens with two attached hydrogens (primary N) is 1. The molecule has 0 spiro atoms. The molecule has 1 atom stereocenters. The van der Waals surface area contributed by atoms with E-state index in [-0.39, 0.29) is 11.9 Å². The number of carbonyl (C=O) groups is 1. The summed E-state index contributed by atoms with van der Waals surface area (Å²) in [6, 6.07) is 5.76. The van der Waals surface area contributed by atoms with E-state index >= 15 is 0 Å². The summed E-state index contributed by atoms with van der Waals surface area (Å²) in [5.41, 5.74) is 7.97. The number of likely N-dealkylation sites (N-methyl/N-ethyl adjacent to an activating group) is 1. The van der Waals surface area contributed by atoms with Gasteiger partial charge in [-0.05, 0) is 37.1 Å². The second-order valence-corrected chi connectivity index (χ2v) is 4.97. The number of rotatable bonds is 2. The highest BCUT2D eigenvalue weighted by Crippen LogP contribution is 2.16. The van der Waals surface area contributed by atoms with E-state index in [1.165, 1.54) is 0 Å².